The Morgan fingerprint density at radius 2 is 2.18 bits per heavy atom. The summed E-state index contributed by atoms with van der Waals surface area (Å²) in [5.41, 5.74) is 0. The van der Waals surface area contributed by atoms with Gasteiger partial charge in [-0.05, 0) is 44.7 Å². The predicted molar refractivity (Wildman–Crippen MR) is 49.7 cm³/mol. The highest BCUT2D eigenvalue weighted by Crippen LogP contribution is 2.21. The minimum Gasteiger partial charge on any atom is -0.306 e. The van der Waals surface area contributed by atoms with Gasteiger partial charge in [0.05, 0.1) is 0 Å². The Hall–Kier alpha value is -0.0400. The van der Waals surface area contributed by atoms with Crippen LogP contribution in [0.3, 0.4) is 0 Å². The van der Waals surface area contributed by atoms with E-state index in [-0.39, 0.29) is 0 Å². The lowest BCUT2D eigenvalue weighted by molar-refractivity contribution is 0.190. The zero-order valence-corrected chi connectivity index (χ0v) is 8.14. The van der Waals surface area contributed by atoms with Crippen LogP contribution in [-0.4, -0.2) is 25.0 Å². The molecule has 1 fully saturated rings. The van der Waals surface area contributed by atoms with Gasteiger partial charge in [-0.15, -0.1) is 0 Å². The zero-order valence-electron chi connectivity index (χ0n) is 8.14. The lowest BCUT2D eigenvalue weighted by Crippen LogP contribution is -2.32. The average molecular weight is 155 g/mol. The molecule has 0 bridgehead atoms. The van der Waals surface area contributed by atoms with E-state index < -0.39 is 0 Å². The molecule has 1 aliphatic rings. The number of piperidine rings is 1. The molecule has 1 saturated heterocycles. The van der Waals surface area contributed by atoms with E-state index in [0.29, 0.717) is 0 Å². The molecule has 0 aromatic carbocycles. The molecule has 0 aromatic heterocycles. The molecule has 1 heterocycles. The summed E-state index contributed by atoms with van der Waals surface area (Å²) in [5, 5.41) is 0. The van der Waals surface area contributed by atoms with Crippen LogP contribution in [0.5, 0.6) is 0 Å². The SMILES string of the molecule is CC(C)C[C@H]1CCCN(C)C1. The molecule has 1 heteroatoms. The molecule has 1 atom stereocenters. The highest BCUT2D eigenvalue weighted by molar-refractivity contribution is 4.71. The smallest absolute Gasteiger partial charge is 0.000671 e. The minimum absolute atomic E-state index is 0.881. The van der Waals surface area contributed by atoms with Crippen molar-refractivity contribution < 1.29 is 0 Å². The number of nitrogens with zero attached hydrogens (tertiary/aromatic N) is 1. The van der Waals surface area contributed by atoms with E-state index in [1.807, 2.05) is 0 Å². The van der Waals surface area contributed by atoms with Crippen molar-refractivity contribution >= 4 is 0 Å². The first kappa shape index (κ1) is 9.05. The summed E-state index contributed by atoms with van der Waals surface area (Å²) in [6.45, 7) is 7.30. The Kier molecular flexibility index (Phi) is 3.38. The molecule has 66 valence electrons. The van der Waals surface area contributed by atoms with Crippen LogP contribution in [-0.2, 0) is 0 Å². The molecule has 11 heavy (non-hydrogen) atoms. The predicted octanol–water partition coefficient (Wildman–Crippen LogP) is 2.37. The molecular formula is C10H21N. The van der Waals surface area contributed by atoms with E-state index >= 15 is 0 Å². The second kappa shape index (κ2) is 4.10. The number of hydrogen-bond acceptors (Lipinski definition) is 1. The molecule has 0 N–H and O–H groups in total. The summed E-state index contributed by atoms with van der Waals surface area (Å²) < 4.78 is 0. The summed E-state index contributed by atoms with van der Waals surface area (Å²) >= 11 is 0. The maximum Gasteiger partial charge on any atom is 0.000671 e. The Morgan fingerprint density at radius 1 is 1.45 bits per heavy atom. The highest BCUT2D eigenvalue weighted by Gasteiger charge is 2.17. The van der Waals surface area contributed by atoms with Crippen molar-refractivity contribution in [1.29, 1.82) is 0 Å². The van der Waals surface area contributed by atoms with Crippen molar-refractivity contribution in [3.05, 3.63) is 0 Å². The highest BCUT2D eigenvalue weighted by atomic mass is 15.1. The van der Waals surface area contributed by atoms with Crippen LogP contribution in [0.25, 0.3) is 0 Å². The summed E-state index contributed by atoms with van der Waals surface area (Å²) in [5.74, 6) is 1.86. The Balaban J connectivity index is 2.23. The molecule has 0 unspecified atom stereocenters. The largest absolute Gasteiger partial charge is 0.306 e. The topological polar surface area (TPSA) is 3.24 Å². The summed E-state index contributed by atoms with van der Waals surface area (Å²) in [4.78, 5) is 2.47. The third-order valence-electron chi connectivity index (χ3n) is 2.53. The molecule has 0 amide bonds. The van der Waals surface area contributed by atoms with Crippen molar-refractivity contribution in [3.63, 3.8) is 0 Å². The van der Waals surface area contributed by atoms with E-state index in [2.05, 4.69) is 25.8 Å². The third-order valence-corrected chi connectivity index (χ3v) is 2.53. The van der Waals surface area contributed by atoms with Crippen molar-refractivity contribution in [3.8, 4) is 0 Å². The van der Waals surface area contributed by atoms with Gasteiger partial charge in [-0.1, -0.05) is 13.8 Å². The van der Waals surface area contributed by atoms with Crippen LogP contribution < -0.4 is 0 Å². The van der Waals surface area contributed by atoms with Crippen LogP contribution in [0.4, 0.5) is 0 Å². The first-order valence-corrected chi connectivity index (χ1v) is 4.87. The van der Waals surface area contributed by atoms with E-state index in [4.69, 9.17) is 0 Å². The summed E-state index contributed by atoms with van der Waals surface area (Å²) in [6, 6.07) is 0. The lowest BCUT2D eigenvalue weighted by Gasteiger charge is -2.30. The fourth-order valence-electron chi connectivity index (χ4n) is 2.13. The maximum atomic E-state index is 2.47. The van der Waals surface area contributed by atoms with Gasteiger partial charge in [0.2, 0.25) is 0 Å². The van der Waals surface area contributed by atoms with Crippen LogP contribution >= 0.6 is 0 Å². The van der Waals surface area contributed by atoms with Gasteiger partial charge in [0, 0.05) is 6.54 Å². The van der Waals surface area contributed by atoms with Crippen molar-refractivity contribution in [2.45, 2.75) is 33.1 Å². The second-order valence-electron chi connectivity index (χ2n) is 4.40. The van der Waals surface area contributed by atoms with Gasteiger partial charge in [-0.3, -0.25) is 0 Å². The average Bonchev–Trinajstić information content (AvgIpc) is 1.85. The first-order chi connectivity index (χ1) is 5.18. The van der Waals surface area contributed by atoms with Gasteiger partial charge in [-0.2, -0.15) is 0 Å². The number of likely N-dealkylation sites (tertiary alicyclic amines) is 1. The van der Waals surface area contributed by atoms with Gasteiger partial charge >= 0.3 is 0 Å². The number of hydrogen-bond donors (Lipinski definition) is 0. The van der Waals surface area contributed by atoms with Crippen LogP contribution in [0.2, 0.25) is 0 Å². The van der Waals surface area contributed by atoms with Crippen LogP contribution in [0.15, 0.2) is 0 Å². The molecule has 0 aliphatic carbocycles. The standard InChI is InChI=1S/C10H21N/c1-9(2)7-10-5-4-6-11(3)8-10/h9-10H,4-8H2,1-3H3/t10-/m1/s1. The van der Waals surface area contributed by atoms with Crippen molar-refractivity contribution in [2.75, 3.05) is 20.1 Å². The monoisotopic (exact) mass is 155 g/mol. The van der Waals surface area contributed by atoms with E-state index in [0.717, 1.165) is 11.8 Å². The molecule has 0 radical (unpaired) electrons. The Labute approximate surface area is 70.8 Å². The Bertz CT molecular complexity index is 107. The molecular weight excluding hydrogens is 134 g/mol. The second-order valence-corrected chi connectivity index (χ2v) is 4.40. The molecule has 0 saturated carbocycles. The summed E-state index contributed by atoms with van der Waals surface area (Å²) in [6.07, 6.45) is 4.29. The molecule has 0 spiro atoms. The van der Waals surface area contributed by atoms with Crippen LogP contribution in [0, 0.1) is 11.8 Å². The molecule has 0 aromatic rings. The molecule has 1 nitrogen and oxygen atoms in total. The van der Waals surface area contributed by atoms with Gasteiger partial charge in [-0.25, -0.2) is 0 Å². The van der Waals surface area contributed by atoms with Gasteiger partial charge in [0.25, 0.3) is 0 Å². The van der Waals surface area contributed by atoms with Gasteiger partial charge < -0.3 is 4.90 Å². The minimum atomic E-state index is 0.881. The van der Waals surface area contributed by atoms with E-state index in [1.165, 1.54) is 32.4 Å². The van der Waals surface area contributed by atoms with Crippen molar-refractivity contribution in [1.82, 2.24) is 4.90 Å². The fourth-order valence-corrected chi connectivity index (χ4v) is 2.13. The maximum absolute atomic E-state index is 2.47. The van der Waals surface area contributed by atoms with E-state index in [1.54, 1.807) is 0 Å². The van der Waals surface area contributed by atoms with Crippen LogP contribution in [0.1, 0.15) is 33.1 Å². The molecule has 1 rings (SSSR count). The first-order valence-electron chi connectivity index (χ1n) is 4.87. The van der Waals surface area contributed by atoms with Crippen molar-refractivity contribution in [2.24, 2.45) is 11.8 Å². The quantitative estimate of drug-likeness (QED) is 0.592. The summed E-state index contributed by atoms with van der Waals surface area (Å²) in [7, 11) is 2.24. The Morgan fingerprint density at radius 3 is 2.73 bits per heavy atom. The third kappa shape index (κ3) is 3.24. The lowest BCUT2D eigenvalue weighted by atomic mass is 9.90. The normalized spacial score (nSPS) is 27.8. The molecule has 1 aliphatic heterocycles. The fraction of sp³-hybridized carbons (Fsp3) is 1.00. The van der Waals surface area contributed by atoms with E-state index in [9.17, 15) is 0 Å². The number of rotatable bonds is 2. The van der Waals surface area contributed by atoms with Gasteiger partial charge in [0.1, 0.15) is 0 Å². The van der Waals surface area contributed by atoms with Gasteiger partial charge in [0.15, 0.2) is 0 Å². The zero-order chi connectivity index (χ0) is 8.27.